The Bertz CT molecular complexity index is 556. The van der Waals surface area contributed by atoms with Crippen molar-refractivity contribution in [3.8, 4) is 0 Å². The van der Waals surface area contributed by atoms with Gasteiger partial charge in [0.25, 0.3) is 5.91 Å². The molecule has 2 aromatic rings. The predicted octanol–water partition coefficient (Wildman–Crippen LogP) is 3.81. The maximum absolute atomic E-state index is 13.6. The van der Waals surface area contributed by atoms with Gasteiger partial charge in [-0.25, -0.2) is 4.39 Å². The van der Waals surface area contributed by atoms with Crippen LogP contribution in [0.25, 0.3) is 0 Å². The van der Waals surface area contributed by atoms with Gasteiger partial charge in [-0.2, -0.15) is 0 Å². The molecule has 0 bridgehead atoms. The van der Waals surface area contributed by atoms with Gasteiger partial charge in [0.2, 0.25) is 0 Å². The molecule has 0 aliphatic rings. The third-order valence-corrected chi connectivity index (χ3v) is 3.57. The van der Waals surface area contributed by atoms with Crippen LogP contribution in [0.2, 0.25) is 5.02 Å². The molecule has 0 aliphatic heterocycles. The number of carbonyl (C=O) groups excluding carboxylic acids is 1. The Kier molecular flexibility index (Phi) is 3.99. The molecule has 1 heterocycles. The van der Waals surface area contributed by atoms with Crippen LogP contribution in [0.3, 0.4) is 0 Å². The van der Waals surface area contributed by atoms with Crippen molar-refractivity contribution in [3.05, 3.63) is 57.0 Å². The number of halogens is 2. The first-order valence-electron chi connectivity index (χ1n) is 5.31. The van der Waals surface area contributed by atoms with E-state index in [1.807, 2.05) is 17.5 Å². The summed E-state index contributed by atoms with van der Waals surface area (Å²) in [5.74, 6) is -0.925. The van der Waals surface area contributed by atoms with Crippen molar-refractivity contribution >= 4 is 28.8 Å². The maximum Gasteiger partial charge on any atom is 0.256 e. The van der Waals surface area contributed by atoms with E-state index in [2.05, 4.69) is 0 Å². The Morgan fingerprint density at radius 1 is 1.44 bits per heavy atom. The smallest absolute Gasteiger partial charge is 0.256 e. The molecule has 0 unspecified atom stereocenters. The third kappa shape index (κ3) is 2.89. The number of benzene rings is 1. The van der Waals surface area contributed by atoms with Gasteiger partial charge in [-0.05, 0) is 29.6 Å². The Balaban J connectivity index is 2.17. The molecule has 94 valence electrons. The highest BCUT2D eigenvalue weighted by Crippen LogP contribution is 2.18. The van der Waals surface area contributed by atoms with E-state index >= 15 is 0 Å². The Hall–Kier alpha value is -1.39. The van der Waals surface area contributed by atoms with Crippen molar-refractivity contribution in [2.24, 2.45) is 0 Å². The van der Waals surface area contributed by atoms with Gasteiger partial charge in [-0.3, -0.25) is 4.79 Å². The van der Waals surface area contributed by atoms with E-state index < -0.39 is 5.82 Å². The second kappa shape index (κ2) is 5.50. The minimum Gasteiger partial charge on any atom is -0.336 e. The SMILES string of the molecule is CN(Cc1cccs1)C(=O)c1cc(Cl)ccc1F. The summed E-state index contributed by atoms with van der Waals surface area (Å²) in [6, 6.07) is 7.83. The van der Waals surface area contributed by atoms with Crippen LogP contribution in [-0.2, 0) is 6.54 Å². The number of hydrogen-bond donors (Lipinski definition) is 0. The van der Waals surface area contributed by atoms with Crippen LogP contribution in [0.15, 0.2) is 35.7 Å². The molecule has 2 rings (SSSR count). The highest BCUT2D eigenvalue weighted by Gasteiger charge is 2.17. The van der Waals surface area contributed by atoms with E-state index in [0.717, 1.165) is 4.88 Å². The molecule has 0 saturated heterocycles. The third-order valence-electron chi connectivity index (χ3n) is 2.48. The fourth-order valence-corrected chi connectivity index (χ4v) is 2.50. The fraction of sp³-hybridized carbons (Fsp3) is 0.154. The van der Waals surface area contributed by atoms with Gasteiger partial charge < -0.3 is 4.90 Å². The Labute approximate surface area is 114 Å². The van der Waals surface area contributed by atoms with E-state index in [1.54, 1.807) is 18.4 Å². The number of amides is 1. The molecule has 1 amide bonds. The summed E-state index contributed by atoms with van der Waals surface area (Å²) in [4.78, 5) is 14.6. The first kappa shape index (κ1) is 13.1. The van der Waals surface area contributed by atoms with Crippen LogP contribution in [-0.4, -0.2) is 17.9 Å². The van der Waals surface area contributed by atoms with Crippen molar-refractivity contribution in [2.45, 2.75) is 6.54 Å². The zero-order valence-electron chi connectivity index (χ0n) is 9.69. The normalized spacial score (nSPS) is 10.4. The number of nitrogens with zero attached hydrogens (tertiary/aromatic N) is 1. The quantitative estimate of drug-likeness (QED) is 0.839. The maximum atomic E-state index is 13.6. The lowest BCUT2D eigenvalue weighted by Crippen LogP contribution is -2.26. The average molecular weight is 284 g/mol. The molecule has 5 heteroatoms. The molecule has 1 aromatic heterocycles. The minimum atomic E-state index is -0.553. The first-order chi connectivity index (χ1) is 8.58. The van der Waals surface area contributed by atoms with Gasteiger partial charge in [0.05, 0.1) is 12.1 Å². The molecule has 18 heavy (non-hydrogen) atoms. The summed E-state index contributed by atoms with van der Waals surface area (Å²) in [7, 11) is 1.64. The molecule has 0 fully saturated rings. The van der Waals surface area contributed by atoms with E-state index in [0.29, 0.717) is 11.6 Å². The number of carbonyl (C=O) groups is 1. The van der Waals surface area contributed by atoms with Gasteiger partial charge in [-0.1, -0.05) is 17.7 Å². The monoisotopic (exact) mass is 283 g/mol. The summed E-state index contributed by atoms with van der Waals surface area (Å²) in [5, 5.41) is 2.29. The molecule has 2 nitrogen and oxygen atoms in total. The average Bonchev–Trinajstić information content (AvgIpc) is 2.84. The summed E-state index contributed by atoms with van der Waals surface area (Å²) in [6.07, 6.45) is 0. The van der Waals surface area contributed by atoms with Gasteiger partial charge in [-0.15, -0.1) is 11.3 Å². The van der Waals surface area contributed by atoms with Crippen LogP contribution in [0.5, 0.6) is 0 Å². The minimum absolute atomic E-state index is 0.00144. The molecule has 0 radical (unpaired) electrons. The van der Waals surface area contributed by atoms with Gasteiger partial charge in [0.1, 0.15) is 5.82 Å². The topological polar surface area (TPSA) is 20.3 Å². The zero-order chi connectivity index (χ0) is 13.1. The molecule has 0 atom stereocenters. The lowest BCUT2D eigenvalue weighted by atomic mass is 10.2. The number of thiophene rings is 1. The number of hydrogen-bond acceptors (Lipinski definition) is 2. The van der Waals surface area contributed by atoms with Crippen LogP contribution >= 0.6 is 22.9 Å². The second-order valence-corrected chi connectivity index (χ2v) is 5.33. The van der Waals surface area contributed by atoms with E-state index in [1.165, 1.54) is 23.1 Å². The van der Waals surface area contributed by atoms with Gasteiger partial charge >= 0.3 is 0 Å². The molecule has 0 spiro atoms. The van der Waals surface area contributed by atoms with E-state index in [-0.39, 0.29) is 11.5 Å². The summed E-state index contributed by atoms with van der Waals surface area (Å²) in [5.41, 5.74) is 0.00144. The highest BCUT2D eigenvalue weighted by atomic mass is 35.5. The van der Waals surface area contributed by atoms with Crippen LogP contribution in [0.1, 0.15) is 15.2 Å². The molecule has 0 saturated carbocycles. The molecule has 0 aliphatic carbocycles. The van der Waals surface area contributed by atoms with E-state index in [4.69, 9.17) is 11.6 Å². The lowest BCUT2D eigenvalue weighted by molar-refractivity contribution is 0.0782. The Morgan fingerprint density at radius 3 is 2.89 bits per heavy atom. The largest absolute Gasteiger partial charge is 0.336 e. The summed E-state index contributed by atoms with van der Waals surface area (Å²) in [6.45, 7) is 0.461. The lowest BCUT2D eigenvalue weighted by Gasteiger charge is -2.16. The molecular formula is C13H11ClFNOS. The van der Waals surface area contributed by atoms with Crippen LogP contribution < -0.4 is 0 Å². The van der Waals surface area contributed by atoms with Crippen LogP contribution in [0, 0.1) is 5.82 Å². The van der Waals surface area contributed by atoms with Crippen molar-refractivity contribution in [3.63, 3.8) is 0 Å². The molecule has 1 aromatic carbocycles. The Morgan fingerprint density at radius 2 is 2.22 bits per heavy atom. The van der Waals surface area contributed by atoms with Crippen molar-refractivity contribution in [1.29, 1.82) is 0 Å². The van der Waals surface area contributed by atoms with Gasteiger partial charge in [0, 0.05) is 16.9 Å². The second-order valence-electron chi connectivity index (χ2n) is 3.86. The molecule has 0 N–H and O–H groups in total. The van der Waals surface area contributed by atoms with Crippen LogP contribution in [0.4, 0.5) is 4.39 Å². The standard InChI is InChI=1S/C13H11ClFNOS/c1-16(8-10-3-2-6-18-10)13(17)11-7-9(14)4-5-12(11)15/h2-7H,8H2,1H3. The number of rotatable bonds is 3. The summed E-state index contributed by atoms with van der Waals surface area (Å²) >= 11 is 7.33. The first-order valence-corrected chi connectivity index (χ1v) is 6.56. The zero-order valence-corrected chi connectivity index (χ0v) is 11.3. The van der Waals surface area contributed by atoms with Crippen molar-refractivity contribution in [2.75, 3.05) is 7.05 Å². The van der Waals surface area contributed by atoms with Crippen molar-refractivity contribution < 1.29 is 9.18 Å². The van der Waals surface area contributed by atoms with Crippen molar-refractivity contribution in [1.82, 2.24) is 4.90 Å². The molecular weight excluding hydrogens is 273 g/mol. The fourth-order valence-electron chi connectivity index (χ4n) is 1.58. The van der Waals surface area contributed by atoms with E-state index in [9.17, 15) is 9.18 Å². The van der Waals surface area contributed by atoms with Gasteiger partial charge in [0.15, 0.2) is 0 Å². The summed E-state index contributed by atoms with van der Waals surface area (Å²) < 4.78 is 13.6. The predicted molar refractivity (Wildman–Crippen MR) is 71.5 cm³/mol. The highest BCUT2D eigenvalue weighted by molar-refractivity contribution is 7.09.